The van der Waals surface area contributed by atoms with Crippen LogP contribution >= 0.6 is 0 Å². The molecule has 0 saturated carbocycles. The van der Waals surface area contributed by atoms with Gasteiger partial charge in [-0.05, 0) is 38.5 Å². The van der Waals surface area contributed by atoms with Crippen molar-refractivity contribution in [2.24, 2.45) is 0 Å². The highest BCUT2D eigenvalue weighted by atomic mass is 16.4. The van der Waals surface area contributed by atoms with Crippen molar-refractivity contribution < 1.29 is 15.0 Å². The molecule has 0 aliphatic rings. The largest absolute Gasteiger partial charge is 0.481 e. The minimum atomic E-state index is -0.668. The molecule has 194 valence electrons. The summed E-state index contributed by atoms with van der Waals surface area (Å²) in [5.41, 5.74) is 0. The van der Waals surface area contributed by atoms with Crippen LogP contribution in [0.5, 0.6) is 0 Å². The Morgan fingerprint density at radius 1 is 0.636 bits per heavy atom. The number of carbonyl (C=O) groups is 1. The van der Waals surface area contributed by atoms with Gasteiger partial charge in [0.25, 0.3) is 0 Å². The predicted octanol–water partition coefficient (Wildman–Crippen LogP) is 9.54. The fraction of sp³-hybridized carbons (Fsp3) is 0.833. The van der Waals surface area contributed by atoms with Crippen molar-refractivity contribution >= 4 is 5.97 Å². The molecular formula is C30H56O3. The van der Waals surface area contributed by atoms with Crippen LogP contribution in [-0.4, -0.2) is 22.3 Å². The lowest BCUT2D eigenvalue weighted by atomic mass is 10.0. The zero-order valence-electron chi connectivity index (χ0n) is 22.0. The lowest BCUT2D eigenvalue weighted by Crippen LogP contribution is -2.04. The molecule has 0 heterocycles. The molecule has 0 aromatic heterocycles. The Morgan fingerprint density at radius 2 is 1.12 bits per heavy atom. The number of rotatable bonds is 26. The summed E-state index contributed by atoms with van der Waals surface area (Å²) in [7, 11) is 0. The highest BCUT2D eigenvalue weighted by Gasteiger charge is 2.01. The predicted molar refractivity (Wildman–Crippen MR) is 144 cm³/mol. The first-order chi connectivity index (χ1) is 16.2. The van der Waals surface area contributed by atoms with Crippen molar-refractivity contribution in [3.8, 4) is 0 Å². The Kier molecular flexibility index (Phi) is 26.3. The lowest BCUT2D eigenvalue weighted by molar-refractivity contribution is -0.137. The monoisotopic (exact) mass is 464 g/mol. The van der Waals surface area contributed by atoms with Gasteiger partial charge in [0.15, 0.2) is 0 Å². The molecule has 0 aliphatic carbocycles. The third kappa shape index (κ3) is 28.9. The van der Waals surface area contributed by atoms with Gasteiger partial charge in [-0.25, -0.2) is 0 Å². The summed E-state index contributed by atoms with van der Waals surface area (Å²) in [5.74, 6) is -0.668. The van der Waals surface area contributed by atoms with E-state index in [1.807, 2.05) is 0 Å². The van der Waals surface area contributed by atoms with Crippen LogP contribution in [0.25, 0.3) is 0 Å². The molecule has 1 unspecified atom stereocenters. The highest BCUT2D eigenvalue weighted by molar-refractivity contribution is 5.66. The van der Waals surface area contributed by atoms with Gasteiger partial charge in [-0.3, -0.25) is 4.79 Å². The van der Waals surface area contributed by atoms with Crippen molar-refractivity contribution in [3.63, 3.8) is 0 Å². The molecule has 0 rings (SSSR count). The summed E-state index contributed by atoms with van der Waals surface area (Å²) in [6.07, 6.45) is 35.7. The summed E-state index contributed by atoms with van der Waals surface area (Å²) in [4.78, 5) is 10.4. The summed E-state index contributed by atoms with van der Waals surface area (Å²) < 4.78 is 0. The second kappa shape index (κ2) is 27.2. The first-order valence-electron chi connectivity index (χ1n) is 14.4. The van der Waals surface area contributed by atoms with Gasteiger partial charge in [0.2, 0.25) is 0 Å². The summed E-state index contributed by atoms with van der Waals surface area (Å²) in [6, 6.07) is 0. The molecule has 33 heavy (non-hydrogen) atoms. The average Bonchev–Trinajstić information content (AvgIpc) is 2.79. The molecule has 0 aliphatic heterocycles. The molecule has 3 nitrogen and oxygen atoms in total. The molecule has 0 bridgehead atoms. The molecule has 0 radical (unpaired) electrons. The van der Waals surface area contributed by atoms with Gasteiger partial charge in [0.1, 0.15) is 0 Å². The van der Waals surface area contributed by atoms with E-state index in [2.05, 4.69) is 31.2 Å². The number of carboxylic acids is 1. The molecule has 0 aromatic rings. The fourth-order valence-electron chi connectivity index (χ4n) is 4.23. The maximum atomic E-state index is 10.4. The van der Waals surface area contributed by atoms with E-state index >= 15 is 0 Å². The van der Waals surface area contributed by atoms with Gasteiger partial charge in [-0.15, -0.1) is 0 Å². The fourth-order valence-corrected chi connectivity index (χ4v) is 4.23. The Morgan fingerprint density at radius 3 is 1.70 bits per heavy atom. The molecule has 0 fully saturated rings. The van der Waals surface area contributed by atoms with Crippen molar-refractivity contribution in [2.75, 3.05) is 0 Å². The Balaban J connectivity index is 3.29. The first-order valence-corrected chi connectivity index (χ1v) is 14.4. The number of carboxylic acid groups (broad SMARTS) is 1. The van der Waals surface area contributed by atoms with Crippen LogP contribution in [0.3, 0.4) is 0 Å². The molecule has 0 amide bonds. The van der Waals surface area contributed by atoms with Crippen LogP contribution in [0.4, 0.5) is 0 Å². The van der Waals surface area contributed by atoms with E-state index in [9.17, 15) is 9.90 Å². The molecule has 3 heteroatoms. The zero-order chi connectivity index (χ0) is 24.2. The van der Waals surface area contributed by atoms with E-state index in [0.717, 1.165) is 38.5 Å². The SMILES string of the molecule is CCCCCCCCC=CCC=CCC(O)CCCCCCCCCCCCCCC(=O)O. The highest BCUT2D eigenvalue weighted by Crippen LogP contribution is 2.14. The van der Waals surface area contributed by atoms with Crippen LogP contribution in [0.15, 0.2) is 24.3 Å². The van der Waals surface area contributed by atoms with Crippen molar-refractivity contribution in [2.45, 2.75) is 161 Å². The van der Waals surface area contributed by atoms with E-state index in [1.54, 1.807) is 0 Å². The molecule has 0 aromatic carbocycles. The maximum absolute atomic E-state index is 10.4. The smallest absolute Gasteiger partial charge is 0.303 e. The number of allylic oxidation sites excluding steroid dienone is 3. The summed E-state index contributed by atoms with van der Waals surface area (Å²) in [5, 5.41) is 18.7. The standard InChI is InChI=1S/C30H56O3/c1-2-3-4-5-6-7-8-11-14-17-20-23-26-29(31)27-24-21-18-15-12-9-10-13-16-19-22-25-28-30(32)33/h11,14,20,23,29,31H,2-10,12-13,15-19,21-22,24-28H2,1H3,(H,32,33). The van der Waals surface area contributed by atoms with Crippen LogP contribution in [0.1, 0.15) is 155 Å². The normalized spacial score (nSPS) is 12.8. The second-order valence-electron chi connectivity index (χ2n) is 9.80. The Bertz CT molecular complexity index is 455. The Labute approximate surface area is 206 Å². The van der Waals surface area contributed by atoms with Crippen molar-refractivity contribution in [1.29, 1.82) is 0 Å². The van der Waals surface area contributed by atoms with E-state index < -0.39 is 5.97 Å². The molecule has 2 N–H and O–H groups in total. The minimum absolute atomic E-state index is 0.177. The second-order valence-corrected chi connectivity index (χ2v) is 9.80. The van der Waals surface area contributed by atoms with Gasteiger partial charge < -0.3 is 10.2 Å². The number of unbranched alkanes of at least 4 members (excludes halogenated alkanes) is 17. The van der Waals surface area contributed by atoms with Crippen molar-refractivity contribution in [1.82, 2.24) is 0 Å². The topological polar surface area (TPSA) is 57.5 Å². The molecule has 0 spiro atoms. The van der Waals surface area contributed by atoms with Gasteiger partial charge in [0.05, 0.1) is 6.10 Å². The van der Waals surface area contributed by atoms with Crippen molar-refractivity contribution in [3.05, 3.63) is 24.3 Å². The van der Waals surface area contributed by atoms with E-state index in [1.165, 1.54) is 103 Å². The first kappa shape index (κ1) is 31.9. The quantitative estimate of drug-likeness (QED) is 0.0989. The number of aliphatic hydroxyl groups is 1. The number of aliphatic carboxylic acids is 1. The van der Waals surface area contributed by atoms with E-state index in [4.69, 9.17) is 5.11 Å². The number of aliphatic hydroxyl groups excluding tert-OH is 1. The Hall–Kier alpha value is -1.09. The van der Waals surface area contributed by atoms with Gasteiger partial charge in [-0.2, -0.15) is 0 Å². The van der Waals surface area contributed by atoms with Gasteiger partial charge in [-0.1, -0.05) is 134 Å². The third-order valence-corrected chi connectivity index (χ3v) is 6.42. The average molecular weight is 465 g/mol. The molecule has 1 atom stereocenters. The van der Waals surface area contributed by atoms with Crippen LogP contribution < -0.4 is 0 Å². The summed E-state index contributed by atoms with van der Waals surface area (Å²) in [6.45, 7) is 2.26. The van der Waals surface area contributed by atoms with Crippen LogP contribution in [0, 0.1) is 0 Å². The minimum Gasteiger partial charge on any atom is -0.481 e. The van der Waals surface area contributed by atoms with Gasteiger partial charge in [0, 0.05) is 6.42 Å². The summed E-state index contributed by atoms with van der Waals surface area (Å²) >= 11 is 0. The molecule has 0 saturated heterocycles. The molecular weight excluding hydrogens is 408 g/mol. The van der Waals surface area contributed by atoms with E-state index in [-0.39, 0.29) is 6.10 Å². The lowest BCUT2D eigenvalue weighted by Gasteiger charge is -2.07. The maximum Gasteiger partial charge on any atom is 0.303 e. The number of hydrogen-bond acceptors (Lipinski definition) is 2. The zero-order valence-corrected chi connectivity index (χ0v) is 22.0. The third-order valence-electron chi connectivity index (χ3n) is 6.42. The van der Waals surface area contributed by atoms with Crippen LogP contribution in [-0.2, 0) is 4.79 Å². The van der Waals surface area contributed by atoms with Gasteiger partial charge >= 0.3 is 5.97 Å². The van der Waals surface area contributed by atoms with E-state index in [0.29, 0.717) is 6.42 Å². The van der Waals surface area contributed by atoms with Crippen LogP contribution in [0.2, 0.25) is 0 Å². The number of hydrogen-bond donors (Lipinski definition) is 2.